The summed E-state index contributed by atoms with van der Waals surface area (Å²) in [5.41, 5.74) is 0. The molecule has 0 saturated heterocycles. The molecule has 0 fully saturated rings. The van der Waals surface area contributed by atoms with Gasteiger partial charge in [0.1, 0.15) is 0 Å². The summed E-state index contributed by atoms with van der Waals surface area (Å²) in [6.07, 6.45) is 6.62. The van der Waals surface area contributed by atoms with Gasteiger partial charge in [0.15, 0.2) is 0 Å². The summed E-state index contributed by atoms with van der Waals surface area (Å²) in [6, 6.07) is 0. The largest absolute Gasteiger partial charge is 0.382 e. The van der Waals surface area contributed by atoms with Gasteiger partial charge in [-0.05, 0) is 12.6 Å². The zero-order valence-corrected chi connectivity index (χ0v) is 5.70. The van der Waals surface area contributed by atoms with E-state index in [0.29, 0.717) is 5.88 Å². The summed E-state index contributed by atoms with van der Waals surface area (Å²) in [4.78, 5) is 0. The van der Waals surface area contributed by atoms with Crippen molar-refractivity contribution in [2.24, 2.45) is 0 Å². The van der Waals surface area contributed by atoms with Crippen molar-refractivity contribution in [1.82, 2.24) is 5.32 Å². The van der Waals surface area contributed by atoms with E-state index in [-0.39, 0.29) is 0 Å². The minimum absolute atomic E-state index is 0.688. The van der Waals surface area contributed by atoms with Crippen LogP contribution in [0.5, 0.6) is 0 Å². The van der Waals surface area contributed by atoms with Gasteiger partial charge in [0, 0.05) is 0 Å². The van der Waals surface area contributed by atoms with E-state index in [9.17, 15) is 0 Å². The molecular weight excluding hydrogens is 118 g/mol. The summed E-state index contributed by atoms with van der Waals surface area (Å²) in [5, 5.41) is 2.92. The van der Waals surface area contributed by atoms with Gasteiger partial charge in [-0.25, -0.2) is 0 Å². The SMILES string of the molecule is C=CC/C=C\NCS. The molecule has 0 aromatic rings. The third-order valence-electron chi connectivity index (χ3n) is 0.630. The molecule has 1 nitrogen and oxygen atoms in total. The van der Waals surface area contributed by atoms with Crippen LogP contribution in [0.1, 0.15) is 6.42 Å². The van der Waals surface area contributed by atoms with Crippen LogP contribution < -0.4 is 5.32 Å². The van der Waals surface area contributed by atoms with Crippen LogP contribution in [0.3, 0.4) is 0 Å². The Morgan fingerprint density at radius 3 is 2.88 bits per heavy atom. The molecule has 0 spiro atoms. The molecule has 2 heteroatoms. The number of rotatable bonds is 4. The lowest BCUT2D eigenvalue weighted by Gasteiger charge is -1.87. The Balaban J connectivity index is 2.94. The summed E-state index contributed by atoms with van der Waals surface area (Å²) >= 11 is 3.93. The maximum absolute atomic E-state index is 3.93. The van der Waals surface area contributed by atoms with Gasteiger partial charge in [0.25, 0.3) is 0 Å². The van der Waals surface area contributed by atoms with E-state index < -0.39 is 0 Å². The minimum Gasteiger partial charge on any atom is -0.382 e. The Morgan fingerprint density at radius 2 is 2.38 bits per heavy atom. The summed E-state index contributed by atoms with van der Waals surface area (Å²) in [5.74, 6) is 0.688. The molecule has 0 heterocycles. The third-order valence-corrected chi connectivity index (χ3v) is 0.812. The van der Waals surface area contributed by atoms with Gasteiger partial charge in [-0.3, -0.25) is 0 Å². The molecule has 0 atom stereocenters. The zero-order chi connectivity index (χ0) is 6.24. The van der Waals surface area contributed by atoms with Crippen molar-refractivity contribution in [2.75, 3.05) is 5.88 Å². The van der Waals surface area contributed by atoms with Crippen LogP contribution in [0.15, 0.2) is 24.9 Å². The topological polar surface area (TPSA) is 12.0 Å². The molecule has 0 saturated carbocycles. The van der Waals surface area contributed by atoms with Crippen molar-refractivity contribution in [3.8, 4) is 0 Å². The number of hydrogen-bond donors (Lipinski definition) is 2. The lowest BCUT2D eigenvalue weighted by atomic mass is 10.4. The first-order valence-corrected chi connectivity index (χ1v) is 3.15. The van der Waals surface area contributed by atoms with Crippen molar-refractivity contribution < 1.29 is 0 Å². The first-order chi connectivity index (χ1) is 3.91. The van der Waals surface area contributed by atoms with E-state index in [0.717, 1.165) is 6.42 Å². The van der Waals surface area contributed by atoms with E-state index in [1.807, 2.05) is 18.4 Å². The Hall–Kier alpha value is -0.370. The molecule has 0 aliphatic heterocycles. The van der Waals surface area contributed by atoms with Gasteiger partial charge in [-0.1, -0.05) is 12.2 Å². The van der Waals surface area contributed by atoms with Gasteiger partial charge >= 0.3 is 0 Å². The quantitative estimate of drug-likeness (QED) is 0.333. The number of hydrogen-bond acceptors (Lipinski definition) is 2. The van der Waals surface area contributed by atoms with Crippen LogP contribution in [0.4, 0.5) is 0 Å². The average molecular weight is 129 g/mol. The van der Waals surface area contributed by atoms with E-state index in [1.165, 1.54) is 0 Å². The van der Waals surface area contributed by atoms with Crippen LogP contribution in [0.2, 0.25) is 0 Å². The molecule has 0 aliphatic carbocycles. The summed E-state index contributed by atoms with van der Waals surface area (Å²) in [6.45, 7) is 3.56. The molecule has 0 aliphatic rings. The monoisotopic (exact) mass is 129 g/mol. The fraction of sp³-hybridized carbons (Fsp3) is 0.333. The van der Waals surface area contributed by atoms with Crippen LogP contribution in [-0.4, -0.2) is 5.88 Å². The second-order valence-electron chi connectivity index (χ2n) is 1.29. The Bertz CT molecular complexity index is 78.6. The van der Waals surface area contributed by atoms with Crippen LogP contribution in [0.25, 0.3) is 0 Å². The molecule has 0 rings (SSSR count). The highest BCUT2D eigenvalue weighted by atomic mass is 32.1. The predicted octanol–water partition coefficient (Wildman–Crippen LogP) is 1.55. The van der Waals surface area contributed by atoms with E-state index in [1.54, 1.807) is 0 Å². The molecule has 0 aromatic carbocycles. The van der Waals surface area contributed by atoms with Gasteiger partial charge in [-0.2, -0.15) is 12.6 Å². The summed E-state index contributed by atoms with van der Waals surface area (Å²) in [7, 11) is 0. The molecule has 0 radical (unpaired) electrons. The lowest BCUT2D eigenvalue weighted by molar-refractivity contribution is 1.05. The molecule has 1 N–H and O–H groups in total. The minimum atomic E-state index is 0.688. The Kier molecular flexibility index (Phi) is 6.32. The van der Waals surface area contributed by atoms with Crippen LogP contribution in [-0.2, 0) is 0 Å². The lowest BCUT2D eigenvalue weighted by Crippen LogP contribution is -1.98. The molecule has 46 valence electrons. The highest BCUT2D eigenvalue weighted by Crippen LogP contribution is 1.79. The molecule has 0 unspecified atom stereocenters. The predicted molar refractivity (Wildman–Crippen MR) is 40.9 cm³/mol. The van der Waals surface area contributed by atoms with Crippen molar-refractivity contribution >= 4 is 12.6 Å². The van der Waals surface area contributed by atoms with Gasteiger partial charge in [0.2, 0.25) is 0 Å². The second kappa shape index (κ2) is 6.63. The van der Waals surface area contributed by atoms with Crippen molar-refractivity contribution in [1.29, 1.82) is 0 Å². The summed E-state index contributed by atoms with van der Waals surface area (Å²) < 4.78 is 0. The van der Waals surface area contributed by atoms with E-state index in [4.69, 9.17) is 0 Å². The van der Waals surface area contributed by atoms with Gasteiger partial charge < -0.3 is 5.32 Å². The van der Waals surface area contributed by atoms with Gasteiger partial charge in [-0.15, -0.1) is 6.58 Å². The second-order valence-corrected chi connectivity index (χ2v) is 1.61. The van der Waals surface area contributed by atoms with Crippen LogP contribution >= 0.6 is 12.6 Å². The highest BCUT2D eigenvalue weighted by molar-refractivity contribution is 7.80. The maximum atomic E-state index is 3.93. The average Bonchev–Trinajstić information content (AvgIpc) is 1.81. The standard InChI is InChI=1S/C6H11NS/c1-2-3-4-5-7-6-8/h2,4-5,7-8H,1,3,6H2/b5-4-. The molecule has 0 amide bonds. The van der Waals surface area contributed by atoms with E-state index in [2.05, 4.69) is 24.5 Å². The Labute approximate surface area is 55.9 Å². The first kappa shape index (κ1) is 7.63. The molecule has 8 heavy (non-hydrogen) atoms. The normalized spacial score (nSPS) is 9.62. The van der Waals surface area contributed by atoms with E-state index >= 15 is 0 Å². The molecule has 0 aromatic heterocycles. The number of thiol groups is 1. The highest BCUT2D eigenvalue weighted by Gasteiger charge is 1.65. The smallest absolute Gasteiger partial charge is 0.0575 e. The van der Waals surface area contributed by atoms with Gasteiger partial charge in [0.05, 0.1) is 5.88 Å². The fourth-order valence-corrected chi connectivity index (χ4v) is 0.406. The maximum Gasteiger partial charge on any atom is 0.0575 e. The van der Waals surface area contributed by atoms with Crippen molar-refractivity contribution in [3.63, 3.8) is 0 Å². The Morgan fingerprint density at radius 1 is 1.62 bits per heavy atom. The van der Waals surface area contributed by atoms with Crippen molar-refractivity contribution in [3.05, 3.63) is 24.9 Å². The number of nitrogens with one attached hydrogen (secondary N) is 1. The first-order valence-electron chi connectivity index (χ1n) is 2.52. The zero-order valence-electron chi connectivity index (χ0n) is 4.80. The molecule has 0 bridgehead atoms. The fourth-order valence-electron chi connectivity index (χ4n) is 0.300. The third kappa shape index (κ3) is 5.63. The number of allylic oxidation sites excluding steroid dienone is 2. The molecular formula is C6H11NS. The van der Waals surface area contributed by atoms with Crippen molar-refractivity contribution in [2.45, 2.75) is 6.42 Å². The van der Waals surface area contributed by atoms with Crippen LogP contribution in [0, 0.1) is 0 Å².